The van der Waals surface area contributed by atoms with Crippen LogP contribution < -0.4 is 0 Å². The van der Waals surface area contributed by atoms with Crippen molar-refractivity contribution in [2.45, 2.75) is 39.4 Å². The van der Waals surface area contributed by atoms with Gasteiger partial charge in [-0.15, -0.1) is 0 Å². The number of aliphatic hydroxyl groups excluding tert-OH is 2. The zero-order valence-corrected chi connectivity index (χ0v) is 8.61. The molecule has 4 nitrogen and oxygen atoms in total. The lowest BCUT2D eigenvalue weighted by Gasteiger charge is -2.39. The number of hydrogen-bond acceptors (Lipinski definition) is 3. The fourth-order valence-corrected chi connectivity index (χ4v) is 2.16. The summed E-state index contributed by atoms with van der Waals surface area (Å²) >= 11 is 0. The van der Waals surface area contributed by atoms with Crippen LogP contribution >= 0.6 is 0 Å². The number of carbonyl (C=O) groups is 1. The molecule has 1 aliphatic rings. The van der Waals surface area contributed by atoms with Crippen LogP contribution in [0.3, 0.4) is 0 Å². The molecule has 0 saturated carbocycles. The zero-order chi connectivity index (χ0) is 11.1. The van der Waals surface area contributed by atoms with E-state index in [2.05, 4.69) is 0 Å². The summed E-state index contributed by atoms with van der Waals surface area (Å²) in [6.07, 6.45) is -1.66. The van der Waals surface area contributed by atoms with Gasteiger partial charge in [0.25, 0.3) is 0 Å². The van der Waals surface area contributed by atoms with Crippen molar-refractivity contribution in [1.82, 2.24) is 0 Å². The molecule has 0 bridgehead atoms. The third-order valence-corrected chi connectivity index (χ3v) is 2.90. The van der Waals surface area contributed by atoms with Crippen molar-refractivity contribution in [1.29, 1.82) is 0 Å². The van der Waals surface area contributed by atoms with Crippen LogP contribution in [-0.4, -0.2) is 33.5 Å². The van der Waals surface area contributed by atoms with E-state index in [1.807, 2.05) is 0 Å². The highest BCUT2D eigenvalue weighted by atomic mass is 16.4. The maximum Gasteiger partial charge on any atom is 0.332 e. The van der Waals surface area contributed by atoms with Crippen LogP contribution in [-0.2, 0) is 4.79 Å². The van der Waals surface area contributed by atoms with Crippen LogP contribution in [0.2, 0.25) is 0 Å². The van der Waals surface area contributed by atoms with E-state index in [1.165, 1.54) is 0 Å². The van der Waals surface area contributed by atoms with E-state index in [0.29, 0.717) is 5.57 Å². The van der Waals surface area contributed by atoms with Crippen LogP contribution in [0.4, 0.5) is 0 Å². The van der Waals surface area contributed by atoms with Gasteiger partial charge < -0.3 is 15.3 Å². The molecule has 0 saturated heterocycles. The Labute approximate surface area is 82.9 Å². The summed E-state index contributed by atoms with van der Waals surface area (Å²) in [4.78, 5) is 11.0. The Morgan fingerprint density at radius 1 is 1.43 bits per heavy atom. The number of hydrogen-bond donors (Lipinski definition) is 3. The lowest BCUT2D eigenvalue weighted by atomic mass is 9.69. The van der Waals surface area contributed by atoms with Crippen LogP contribution in [0.25, 0.3) is 0 Å². The highest BCUT2D eigenvalue weighted by Crippen LogP contribution is 2.40. The fraction of sp³-hybridized carbons (Fsp3) is 0.700. The van der Waals surface area contributed by atoms with Crippen molar-refractivity contribution in [3.8, 4) is 0 Å². The van der Waals surface area contributed by atoms with Crippen LogP contribution in [0, 0.1) is 5.41 Å². The van der Waals surface area contributed by atoms with Gasteiger partial charge in [-0.3, -0.25) is 0 Å². The van der Waals surface area contributed by atoms with Gasteiger partial charge in [-0.2, -0.15) is 0 Å². The molecule has 1 aliphatic carbocycles. The topological polar surface area (TPSA) is 77.8 Å². The van der Waals surface area contributed by atoms with Crippen molar-refractivity contribution in [2.75, 3.05) is 0 Å². The summed E-state index contributed by atoms with van der Waals surface area (Å²) in [5.74, 6) is -1.02. The minimum absolute atomic E-state index is 0.218. The van der Waals surface area contributed by atoms with Crippen LogP contribution in [0.1, 0.15) is 27.2 Å². The number of carboxylic acids is 1. The molecule has 80 valence electrons. The molecule has 4 heteroatoms. The monoisotopic (exact) mass is 200 g/mol. The SMILES string of the molecule is CC1=C(C(=O)O)C(C)(C)[C@@H](O)[C@H](O)C1. The largest absolute Gasteiger partial charge is 0.478 e. The summed E-state index contributed by atoms with van der Waals surface area (Å²) in [5.41, 5.74) is -0.0382. The molecule has 0 heterocycles. The maximum absolute atomic E-state index is 11.0. The maximum atomic E-state index is 11.0. The lowest BCUT2D eigenvalue weighted by molar-refractivity contribution is -0.136. The second-order valence-corrected chi connectivity index (χ2v) is 4.40. The molecule has 0 aromatic heterocycles. The zero-order valence-electron chi connectivity index (χ0n) is 8.61. The van der Waals surface area contributed by atoms with Crippen molar-refractivity contribution in [2.24, 2.45) is 5.41 Å². The predicted molar refractivity (Wildman–Crippen MR) is 50.7 cm³/mol. The first-order valence-electron chi connectivity index (χ1n) is 4.58. The van der Waals surface area contributed by atoms with Crippen LogP contribution in [0.5, 0.6) is 0 Å². The second-order valence-electron chi connectivity index (χ2n) is 4.40. The number of aliphatic hydroxyl groups is 2. The van der Waals surface area contributed by atoms with Gasteiger partial charge in [-0.1, -0.05) is 19.4 Å². The first kappa shape index (κ1) is 11.2. The molecular formula is C10H16O4. The lowest BCUT2D eigenvalue weighted by Crippen LogP contribution is -2.46. The van der Waals surface area contributed by atoms with Crippen molar-refractivity contribution in [3.05, 3.63) is 11.1 Å². The number of aliphatic carboxylic acids is 1. The van der Waals surface area contributed by atoms with Gasteiger partial charge >= 0.3 is 5.97 Å². The van der Waals surface area contributed by atoms with Gasteiger partial charge in [0.15, 0.2) is 0 Å². The summed E-state index contributed by atoms with van der Waals surface area (Å²) in [7, 11) is 0. The van der Waals surface area contributed by atoms with Gasteiger partial charge in [0, 0.05) is 11.0 Å². The Morgan fingerprint density at radius 2 is 1.93 bits per heavy atom. The molecular weight excluding hydrogens is 184 g/mol. The van der Waals surface area contributed by atoms with Gasteiger partial charge in [-0.25, -0.2) is 4.79 Å². The summed E-state index contributed by atoms with van der Waals surface area (Å²) < 4.78 is 0. The average molecular weight is 200 g/mol. The van der Waals surface area contributed by atoms with Crippen molar-refractivity contribution >= 4 is 5.97 Å². The molecule has 0 aromatic rings. The highest BCUT2D eigenvalue weighted by molar-refractivity contribution is 5.89. The first-order valence-corrected chi connectivity index (χ1v) is 4.58. The normalized spacial score (nSPS) is 31.8. The Balaban J connectivity index is 3.22. The van der Waals surface area contributed by atoms with E-state index in [-0.39, 0.29) is 12.0 Å². The highest BCUT2D eigenvalue weighted by Gasteiger charge is 2.44. The van der Waals surface area contributed by atoms with E-state index in [4.69, 9.17) is 5.11 Å². The first-order chi connectivity index (χ1) is 6.28. The Bertz CT molecular complexity index is 290. The minimum atomic E-state index is -1.02. The van der Waals surface area contributed by atoms with E-state index in [0.717, 1.165) is 0 Å². The molecule has 14 heavy (non-hydrogen) atoms. The predicted octanol–water partition coefficient (Wildman–Crippen LogP) is 0.539. The third kappa shape index (κ3) is 1.55. The average Bonchev–Trinajstić information content (AvgIpc) is 1.98. The smallest absolute Gasteiger partial charge is 0.332 e. The third-order valence-electron chi connectivity index (χ3n) is 2.90. The second kappa shape index (κ2) is 3.37. The molecule has 2 atom stereocenters. The Hall–Kier alpha value is -0.870. The molecule has 0 amide bonds. The van der Waals surface area contributed by atoms with Crippen molar-refractivity contribution < 1.29 is 20.1 Å². The molecule has 0 fully saturated rings. The molecule has 0 aromatic carbocycles. The summed E-state index contributed by atoms with van der Waals surface area (Å²) in [6, 6.07) is 0. The van der Waals surface area contributed by atoms with Gasteiger partial charge in [0.1, 0.15) is 0 Å². The van der Waals surface area contributed by atoms with E-state index in [1.54, 1.807) is 20.8 Å². The van der Waals surface area contributed by atoms with Gasteiger partial charge in [-0.05, 0) is 13.3 Å². The summed E-state index contributed by atoms with van der Waals surface area (Å²) in [6.45, 7) is 4.94. The Kier molecular flexibility index (Phi) is 2.69. The van der Waals surface area contributed by atoms with Gasteiger partial charge in [0.2, 0.25) is 0 Å². The molecule has 0 spiro atoms. The molecule has 1 rings (SSSR count). The van der Waals surface area contributed by atoms with Crippen LogP contribution in [0.15, 0.2) is 11.1 Å². The van der Waals surface area contributed by atoms with E-state index >= 15 is 0 Å². The number of rotatable bonds is 1. The molecule has 0 radical (unpaired) electrons. The standard InChI is InChI=1S/C10H16O4/c1-5-4-6(11)8(12)10(2,3)7(5)9(13)14/h6,8,11-12H,4H2,1-3H3,(H,13,14)/t6-,8+/m1/s1. The van der Waals surface area contributed by atoms with E-state index in [9.17, 15) is 15.0 Å². The number of carboxylic acid groups (broad SMARTS) is 1. The summed E-state index contributed by atoms with van der Waals surface area (Å²) in [5, 5.41) is 28.2. The quantitative estimate of drug-likeness (QED) is 0.577. The van der Waals surface area contributed by atoms with Crippen molar-refractivity contribution in [3.63, 3.8) is 0 Å². The fourth-order valence-electron chi connectivity index (χ4n) is 2.16. The van der Waals surface area contributed by atoms with Gasteiger partial charge in [0.05, 0.1) is 12.2 Å². The minimum Gasteiger partial charge on any atom is -0.478 e. The molecule has 0 unspecified atom stereocenters. The Morgan fingerprint density at radius 3 is 2.36 bits per heavy atom. The molecule has 3 N–H and O–H groups in total. The van der Waals surface area contributed by atoms with E-state index < -0.39 is 23.6 Å². The molecule has 0 aliphatic heterocycles.